The van der Waals surface area contributed by atoms with Crippen LogP contribution in [0, 0.1) is 5.92 Å². The van der Waals surface area contributed by atoms with Gasteiger partial charge in [0.25, 0.3) is 5.91 Å². The van der Waals surface area contributed by atoms with E-state index in [1.165, 1.54) is 43.4 Å². The van der Waals surface area contributed by atoms with Crippen LogP contribution in [0.4, 0.5) is 0 Å². The quantitative estimate of drug-likeness (QED) is 0.882. The lowest BCUT2D eigenvalue weighted by Crippen LogP contribution is -2.26. The number of nitrogens with zero attached hydrogens (tertiary/aromatic N) is 1. The predicted molar refractivity (Wildman–Crippen MR) is 91.1 cm³/mol. The summed E-state index contributed by atoms with van der Waals surface area (Å²) in [7, 11) is 0. The molecule has 1 aliphatic carbocycles. The lowest BCUT2D eigenvalue weighted by Gasteiger charge is -2.21. The van der Waals surface area contributed by atoms with E-state index in [2.05, 4.69) is 10.3 Å². The van der Waals surface area contributed by atoms with Gasteiger partial charge in [-0.05, 0) is 12.3 Å². The van der Waals surface area contributed by atoms with Crippen molar-refractivity contribution >= 4 is 17.2 Å². The summed E-state index contributed by atoms with van der Waals surface area (Å²) in [5, 5.41) is 5.76. The van der Waals surface area contributed by atoms with Crippen molar-refractivity contribution in [3.63, 3.8) is 0 Å². The van der Waals surface area contributed by atoms with Crippen molar-refractivity contribution in [1.29, 1.82) is 0 Å². The minimum atomic E-state index is -0.0470. The summed E-state index contributed by atoms with van der Waals surface area (Å²) >= 11 is 1.52. The van der Waals surface area contributed by atoms with Gasteiger partial charge >= 0.3 is 0 Å². The largest absolute Gasteiger partial charge is 0.351 e. The number of hydrogen-bond acceptors (Lipinski definition) is 3. The molecule has 116 valence electrons. The summed E-state index contributed by atoms with van der Waals surface area (Å²) in [5.41, 5.74) is 1.60. The third kappa shape index (κ3) is 3.95. The maximum atomic E-state index is 12.2. The molecule has 1 aromatic carbocycles. The number of rotatable bonds is 5. The van der Waals surface area contributed by atoms with Crippen molar-refractivity contribution < 1.29 is 4.79 Å². The minimum absolute atomic E-state index is 0.0470. The molecule has 1 fully saturated rings. The fourth-order valence-electron chi connectivity index (χ4n) is 3.05. The molecular formula is C18H22N2OS. The van der Waals surface area contributed by atoms with Gasteiger partial charge in [-0.3, -0.25) is 4.79 Å². The Morgan fingerprint density at radius 3 is 2.73 bits per heavy atom. The van der Waals surface area contributed by atoms with Crippen molar-refractivity contribution in [2.45, 2.75) is 38.5 Å². The van der Waals surface area contributed by atoms with E-state index in [9.17, 15) is 4.79 Å². The van der Waals surface area contributed by atoms with Gasteiger partial charge < -0.3 is 5.32 Å². The fourth-order valence-corrected chi connectivity index (χ4v) is 3.85. The number of amides is 1. The second-order valence-electron chi connectivity index (χ2n) is 5.95. The van der Waals surface area contributed by atoms with Crippen LogP contribution < -0.4 is 5.32 Å². The molecule has 0 spiro atoms. The van der Waals surface area contributed by atoms with Crippen molar-refractivity contribution in [1.82, 2.24) is 10.3 Å². The van der Waals surface area contributed by atoms with Crippen LogP contribution in [-0.4, -0.2) is 17.4 Å². The summed E-state index contributed by atoms with van der Waals surface area (Å²) in [6, 6.07) is 9.99. The fraction of sp³-hybridized carbons (Fsp3) is 0.444. The van der Waals surface area contributed by atoms with E-state index in [1.54, 1.807) is 0 Å². The molecule has 3 nitrogen and oxygen atoms in total. The lowest BCUT2D eigenvalue weighted by atomic mass is 9.87. The van der Waals surface area contributed by atoms with Gasteiger partial charge in [-0.15, -0.1) is 11.3 Å². The molecule has 1 saturated carbocycles. The maximum Gasteiger partial charge on any atom is 0.270 e. The van der Waals surface area contributed by atoms with E-state index in [0.29, 0.717) is 5.69 Å². The summed E-state index contributed by atoms with van der Waals surface area (Å²) in [6.45, 7) is 0.766. The number of aromatic nitrogens is 1. The summed E-state index contributed by atoms with van der Waals surface area (Å²) in [4.78, 5) is 16.6. The summed E-state index contributed by atoms with van der Waals surface area (Å²) in [6.07, 6.45) is 7.83. The average Bonchev–Trinajstić information content (AvgIpc) is 3.07. The highest BCUT2D eigenvalue weighted by Gasteiger charge is 2.15. The highest BCUT2D eigenvalue weighted by Crippen LogP contribution is 2.26. The maximum absolute atomic E-state index is 12.2. The highest BCUT2D eigenvalue weighted by atomic mass is 32.1. The number of thiazole rings is 1. The lowest BCUT2D eigenvalue weighted by molar-refractivity contribution is 0.0946. The first-order valence-electron chi connectivity index (χ1n) is 8.12. The average molecular weight is 314 g/mol. The van der Waals surface area contributed by atoms with Crippen LogP contribution in [-0.2, 0) is 0 Å². The van der Waals surface area contributed by atoms with Crippen LogP contribution in [0.5, 0.6) is 0 Å². The number of carbonyl (C=O) groups is 1. The third-order valence-corrected chi connectivity index (χ3v) is 5.21. The van der Waals surface area contributed by atoms with E-state index in [1.807, 2.05) is 35.7 Å². The van der Waals surface area contributed by atoms with Crippen molar-refractivity contribution in [3.8, 4) is 10.6 Å². The molecule has 0 aliphatic heterocycles. The van der Waals surface area contributed by atoms with Crippen LogP contribution >= 0.6 is 11.3 Å². The normalized spacial score (nSPS) is 15.6. The molecule has 0 saturated heterocycles. The first-order chi connectivity index (χ1) is 10.8. The number of hydrogen-bond donors (Lipinski definition) is 1. The molecule has 2 aromatic rings. The Balaban J connectivity index is 1.51. The van der Waals surface area contributed by atoms with Crippen molar-refractivity contribution in [3.05, 3.63) is 41.4 Å². The Morgan fingerprint density at radius 1 is 1.18 bits per heavy atom. The van der Waals surface area contributed by atoms with Crippen molar-refractivity contribution in [2.24, 2.45) is 5.92 Å². The zero-order valence-corrected chi connectivity index (χ0v) is 13.6. The molecule has 0 atom stereocenters. The summed E-state index contributed by atoms with van der Waals surface area (Å²) < 4.78 is 0. The van der Waals surface area contributed by atoms with Crippen LogP contribution in [0.15, 0.2) is 35.7 Å². The molecule has 1 amide bonds. The monoisotopic (exact) mass is 314 g/mol. The topological polar surface area (TPSA) is 42.0 Å². The Bertz CT molecular complexity index is 603. The van der Waals surface area contributed by atoms with Crippen molar-refractivity contribution in [2.75, 3.05) is 6.54 Å². The second kappa shape index (κ2) is 7.54. The molecule has 0 bridgehead atoms. The van der Waals surface area contributed by atoms with E-state index in [4.69, 9.17) is 0 Å². The van der Waals surface area contributed by atoms with Gasteiger partial charge in [0, 0.05) is 17.5 Å². The van der Waals surface area contributed by atoms with Gasteiger partial charge in [-0.1, -0.05) is 62.4 Å². The van der Waals surface area contributed by atoms with E-state index in [0.717, 1.165) is 29.5 Å². The Morgan fingerprint density at radius 2 is 1.95 bits per heavy atom. The molecule has 22 heavy (non-hydrogen) atoms. The second-order valence-corrected chi connectivity index (χ2v) is 6.81. The Labute approximate surface area is 135 Å². The molecule has 3 rings (SSSR count). The third-order valence-electron chi connectivity index (χ3n) is 4.32. The predicted octanol–water partition coefficient (Wildman–Crippen LogP) is 4.51. The Hall–Kier alpha value is -1.68. The van der Waals surface area contributed by atoms with Crippen LogP contribution in [0.1, 0.15) is 49.0 Å². The minimum Gasteiger partial charge on any atom is -0.351 e. The van der Waals surface area contributed by atoms with Gasteiger partial charge in [0.2, 0.25) is 0 Å². The SMILES string of the molecule is O=C(NCCC1CCCCC1)c1csc(-c2ccccc2)n1. The smallest absolute Gasteiger partial charge is 0.270 e. The highest BCUT2D eigenvalue weighted by molar-refractivity contribution is 7.13. The van der Waals surface area contributed by atoms with Crippen LogP contribution in [0.25, 0.3) is 10.6 Å². The zero-order valence-electron chi connectivity index (χ0n) is 12.8. The number of benzene rings is 1. The molecule has 4 heteroatoms. The van der Waals surface area contributed by atoms with E-state index >= 15 is 0 Å². The van der Waals surface area contributed by atoms with Gasteiger partial charge in [0.05, 0.1) is 0 Å². The standard InChI is InChI=1S/C18H22N2OS/c21-17(19-12-11-14-7-3-1-4-8-14)16-13-22-18(20-16)15-9-5-2-6-10-15/h2,5-6,9-10,13-14H,1,3-4,7-8,11-12H2,(H,19,21). The molecule has 1 N–H and O–H groups in total. The first kappa shape index (κ1) is 15.2. The number of nitrogens with one attached hydrogen (secondary N) is 1. The van der Waals surface area contributed by atoms with E-state index < -0.39 is 0 Å². The summed E-state index contributed by atoms with van der Waals surface area (Å²) in [5.74, 6) is 0.749. The molecule has 1 aliphatic rings. The molecule has 1 heterocycles. The van der Waals surface area contributed by atoms with E-state index in [-0.39, 0.29) is 5.91 Å². The Kier molecular flexibility index (Phi) is 5.22. The van der Waals surface area contributed by atoms with Gasteiger partial charge in [0.1, 0.15) is 10.7 Å². The van der Waals surface area contributed by atoms with Crippen LogP contribution in [0.2, 0.25) is 0 Å². The molecule has 0 unspecified atom stereocenters. The van der Waals surface area contributed by atoms with Gasteiger partial charge in [-0.2, -0.15) is 0 Å². The first-order valence-corrected chi connectivity index (χ1v) is 9.00. The number of carbonyl (C=O) groups excluding carboxylic acids is 1. The van der Waals surface area contributed by atoms with Crippen LogP contribution in [0.3, 0.4) is 0 Å². The van der Waals surface area contributed by atoms with Gasteiger partial charge in [-0.25, -0.2) is 4.98 Å². The van der Waals surface area contributed by atoms with Gasteiger partial charge in [0.15, 0.2) is 0 Å². The zero-order chi connectivity index (χ0) is 15.2. The molecule has 0 radical (unpaired) electrons. The molecule has 1 aromatic heterocycles. The molecular weight excluding hydrogens is 292 g/mol.